The normalized spacial score (nSPS) is 14.9. The van der Waals surface area contributed by atoms with Gasteiger partial charge in [-0.2, -0.15) is 0 Å². The number of carbonyl (C=O) groups is 1. The number of urea groups is 1. The zero-order chi connectivity index (χ0) is 17.2. The van der Waals surface area contributed by atoms with Gasteiger partial charge in [-0.05, 0) is 35.2 Å². The molecule has 3 rings (SSSR count). The molecule has 5 nitrogen and oxygen atoms in total. The second-order valence-corrected chi connectivity index (χ2v) is 7.09. The number of hydrogen-bond acceptors (Lipinski definition) is 3. The number of likely N-dealkylation sites (tertiary alicyclic amines) is 1. The van der Waals surface area contributed by atoms with Crippen molar-refractivity contribution in [3.63, 3.8) is 0 Å². The maximum absolute atomic E-state index is 12.2. The van der Waals surface area contributed by atoms with Gasteiger partial charge >= 0.3 is 6.03 Å². The Morgan fingerprint density at radius 2 is 1.92 bits per heavy atom. The van der Waals surface area contributed by atoms with Crippen LogP contribution < -0.4 is 10.1 Å². The van der Waals surface area contributed by atoms with Crippen LogP contribution in [0, 0.1) is 0 Å². The van der Waals surface area contributed by atoms with Crippen LogP contribution in [-0.2, 0) is 5.41 Å². The third kappa shape index (κ3) is 3.85. The molecule has 1 fully saturated rings. The van der Waals surface area contributed by atoms with E-state index in [9.17, 15) is 4.79 Å². The standard InChI is InChI=1S/C19H23N3O2/c1-19(2,3)14-6-8-15(9-7-14)21-18(23)22-12-17(13-22)24-16-5-4-10-20-11-16/h4-11,17H,12-13H2,1-3H3,(H,21,23). The summed E-state index contributed by atoms with van der Waals surface area (Å²) >= 11 is 0. The van der Waals surface area contributed by atoms with Crippen LogP contribution in [0.15, 0.2) is 48.8 Å². The molecule has 2 amide bonds. The molecule has 5 heteroatoms. The first-order valence-corrected chi connectivity index (χ1v) is 8.15. The smallest absolute Gasteiger partial charge is 0.322 e. The van der Waals surface area contributed by atoms with Gasteiger partial charge in [-0.3, -0.25) is 4.98 Å². The summed E-state index contributed by atoms with van der Waals surface area (Å²) in [5.41, 5.74) is 2.16. The SMILES string of the molecule is CC(C)(C)c1ccc(NC(=O)N2CC(Oc3cccnc3)C2)cc1. The number of aromatic nitrogens is 1. The van der Waals surface area contributed by atoms with Crippen molar-refractivity contribution in [1.82, 2.24) is 9.88 Å². The van der Waals surface area contributed by atoms with E-state index in [1.165, 1.54) is 5.56 Å². The zero-order valence-electron chi connectivity index (χ0n) is 14.3. The van der Waals surface area contributed by atoms with E-state index >= 15 is 0 Å². The highest BCUT2D eigenvalue weighted by molar-refractivity contribution is 5.89. The van der Waals surface area contributed by atoms with Crippen molar-refractivity contribution >= 4 is 11.7 Å². The molecule has 0 atom stereocenters. The highest BCUT2D eigenvalue weighted by Crippen LogP contribution is 2.24. The first-order chi connectivity index (χ1) is 11.4. The van der Waals surface area contributed by atoms with Gasteiger partial charge in [0.15, 0.2) is 0 Å². The van der Waals surface area contributed by atoms with Gasteiger partial charge in [0.25, 0.3) is 0 Å². The number of ether oxygens (including phenoxy) is 1. The summed E-state index contributed by atoms with van der Waals surface area (Å²) in [6.45, 7) is 7.68. The number of hydrogen-bond donors (Lipinski definition) is 1. The molecule has 1 aromatic carbocycles. The molecule has 0 radical (unpaired) electrons. The van der Waals surface area contributed by atoms with E-state index in [-0.39, 0.29) is 17.6 Å². The van der Waals surface area contributed by atoms with Crippen molar-refractivity contribution in [3.8, 4) is 5.75 Å². The number of pyridine rings is 1. The maximum Gasteiger partial charge on any atom is 0.322 e. The lowest BCUT2D eigenvalue weighted by Crippen LogP contribution is -2.57. The van der Waals surface area contributed by atoms with Crippen LogP contribution in [0.4, 0.5) is 10.5 Å². The van der Waals surface area contributed by atoms with Crippen LogP contribution in [0.1, 0.15) is 26.3 Å². The highest BCUT2D eigenvalue weighted by atomic mass is 16.5. The Bertz CT molecular complexity index is 687. The topological polar surface area (TPSA) is 54.5 Å². The Kier molecular flexibility index (Phi) is 4.42. The second-order valence-electron chi connectivity index (χ2n) is 7.09. The first-order valence-electron chi connectivity index (χ1n) is 8.15. The molecule has 2 heterocycles. The molecule has 24 heavy (non-hydrogen) atoms. The summed E-state index contributed by atoms with van der Waals surface area (Å²) < 4.78 is 5.75. The molecule has 0 bridgehead atoms. The fourth-order valence-corrected chi connectivity index (χ4v) is 2.54. The quantitative estimate of drug-likeness (QED) is 0.936. The van der Waals surface area contributed by atoms with Crippen LogP contribution in [0.3, 0.4) is 0 Å². The summed E-state index contributed by atoms with van der Waals surface area (Å²) in [7, 11) is 0. The third-order valence-electron chi connectivity index (χ3n) is 4.07. The fraction of sp³-hybridized carbons (Fsp3) is 0.368. The summed E-state index contributed by atoms with van der Waals surface area (Å²) in [5.74, 6) is 0.736. The van der Waals surface area contributed by atoms with Crippen LogP contribution in [0.2, 0.25) is 0 Å². The number of amides is 2. The minimum Gasteiger partial charge on any atom is -0.485 e. The summed E-state index contributed by atoms with van der Waals surface area (Å²) in [6.07, 6.45) is 3.42. The molecule has 0 spiro atoms. The van der Waals surface area contributed by atoms with Crippen LogP contribution in [0.5, 0.6) is 5.75 Å². The molecular formula is C19H23N3O2. The molecule has 0 unspecified atom stereocenters. The maximum atomic E-state index is 12.2. The average molecular weight is 325 g/mol. The second kappa shape index (κ2) is 6.51. The zero-order valence-corrected chi connectivity index (χ0v) is 14.3. The molecule has 126 valence electrons. The molecule has 1 aliphatic rings. The van der Waals surface area contributed by atoms with E-state index in [2.05, 4.69) is 43.2 Å². The third-order valence-corrected chi connectivity index (χ3v) is 4.07. The average Bonchev–Trinajstić information content (AvgIpc) is 2.51. The minimum absolute atomic E-state index is 0.0308. The molecule has 0 saturated carbocycles. The lowest BCUT2D eigenvalue weighted by molar-refractivity contribution is 0.0490. The van der Waals surface area contributed by atoms with E-state index < -0.39 is 0 Å². The van der Waals surface area contributed by atoms with Crippen molar-refractivity contribution < 1.29 is 9.53 Å². The number of nitrogens with zero attached hydrogens (tertiary/aromatic N) is 2. The number of benzene rings is 1. The first kappa shape index (κ1) is 16.3. The number of carbonyl (C=O) groups excluding carboxylic acids is 1. The van der Waals surface area contributed by atoms with Gasteiger partial charge in [0.2, 0.25) is 0 Å². The largest absolute Gasteiger partial charge is 0.485 e. The Balaban J connectivity index is 1.48. The van der Waals surface area contributed by atoms with Gasteiger partial charge < -0.3 is 15.0 Å². The van der Waals surface area contributed by atoms with Crippen molar-refractivity contribution in [1.29, 1.82) is 0 Å². The highest BCUT2D eigenvalue weighted by Gasteiger charge is 2.32. The summed E-state index contributed by atoms with van der Waals surface area (Å²) in [6, 6.07) is 11.6. The van der Waals surface area contributed by atoms with Gasteiger partial charge in [-0.1, -0.05) is 32.9 Å². The minimum atomic E-state index is -0.0930. The lowest BCUT2D eigenvalue weighted by atomic mass is 9.87. The predicted molar refractivity (Wildman–Crippen MR) is 94.4 cm³/mol. The van der Waals surface area contributed by atoms with Crippen molar-refractivity contribution in [3.05, 3.63) is 54.4 Å². The van der Waals surface area contributed by atoms with Crippen LogP contribution in [-0.4, -0.2) is 35.1 Å². The van der Waals surface area contributed by atoms with Crippen molar-refractivity contribution in [2.24, 2.45) is 0 Å². The van der Waals surface area contributed by atoms with Crippen LogP contribution in [0.25, 0.3) is 0 Å². The van der Waals surface area contributed by atoms with Gasteiger partial charge in [-0.25, -0.2) is 4.79 Å². The fourth-order valence-electron chi connectivity index (χ4n) is 2.54. The van der Waals surface area contributed by atoms with Gasteiger partial charge in [0.1, 0.15) is 11.9 Å². The molecule has 0 aliphatic carbocycles. The van der Waals surface area contributed by atoms with Gasteiger partial charge in [0.05, 0.1) is 19.3 Å². The predicted octanol–water partition coefficient (Wildman–Crippen LogP) is 3.67. The lowest BCUT2D eigenvalue weighted by Gasteiger charge is -2.38. The monoisotopic (exact) mass is 325 g/mol. The summed E-state index contributed by atoms with van der Waals surface area (Å²) in [4.78, 5) is 18.0. The molecule has 1 saturated heterocycles. The Morgan fingerprint density at radius 3 is 2.50 bits per heavy atom. The number of nitrogens with one attached hydrogen (secondary N) is 1. The Labute approximate surface area is 142 Å². The van der Waals surface area contributed by atoms with E-state index in [0.29, 0.717) is 13.1 Å². The number of anilines is 1. The summed E-state index contributed by atoms with van der Waals surface area (Å²) in [5, 5.41) is 2.93. The van der Waals surface area contributed by atoms with Gasteiger partial charge in [-0.15, -0.1) is 0 Å². The molecule has 1 aliphatic heterocycles. The Morgan fingerprint density at radius 1 is 1.21 bits per heavy atom. The van der Waals surface area contributed by atoms with Crippen LogP contribution >= 0.6 is 0 Å². The number of rotatable bonds is 3. The van der Waals surface area contributed by atoms with E-state index in [0.717, 1.165) is 11.4 Å². The van der Waals surface area contributed by atoms with E-state index in [4.69, 9.17) is 4.74 Å². The Hall–Kier alpha value is -2.56. The van der Waals surface area contributed by atoms with E-state index in [1.54, 1.807) is 17.3 Å². The molecule has 1 N–H and O–H groups in total. The molecule has 2 aromatic rings. The van der Waals surface area contributed by atoms with Crippen molar-refractivity contribution in [2.45, 2.75) is 32.3 Å². The molecular weight excluding hydrogens is 302 g/mol. The van der Waals surface area contributed by atoms with E-state index in [1.807, 2.05) is 24.3 Å². The van der Waals surface area contributed by atoms with Gasteiger partial charge in [0, 0.05) is 11.9 Å². The molecule has 1 aromatic heterocycles. The van der Waals surface area contributed by atoms with Crippen molar-refractivity contribution in [2.75, 3.05) is 18.4 Å².